The first kappa shape index (κ1) is 50.1. The zero-order chi connectivity index (χ0) is 45.2. The maximum atomic E-state index is 14.4. The summed E-state index contributed by atoms with van der Waals surface area (Å²) in [5.74, 6) is -3.10. The predicted octanol–water partition coefficient (Wildman–Crippen LogP) is 2.38. The number of hydrogen-bond donors (Lipinski definition) is 9. The second-order valence-electron chi connectivity index (χ2n) is 16.6. The monoisotopic (exact) mass is 839 g/mol. The number of carbonyl (C=O) groups is 6. The predicted molar refractivity (Wildman–Crippen MR) is 228 cm³/mol. The van der Waals surface area contributed by atoms with Crippen molar-refractivity contribution in [3.05, 3.63) is 64.7 Å². The van der Waals surface area contributed by atoms with Crippen LogP contribution in [0.2, 0.25) is 0 Å². The van der Waals surface area contributed by atoms with Gasteiger partial charge in [0.2, 0.25) is 23.6 Å². The average Bonchev–Trinajstić information content (AvgIpc) is 3.11. The zero-order valence-electron chi connectivity index (χ0n) is 36.1. The summed E-state index contributed by atoms with van der Waals surface area (Å²) in [4.78, 5) is 84.0. The second kappa shape index (κ2) is 23.5. The first-order valence-corrected chi connectivity index (χ1v) is 20.0. The second-order valence-corrected chi connectivity index (χ2v) is 16.6. The van der Waals surface area contributed by atoms with Gasteiger partial charge in [0.05, 0.1) is 0 Å². The highest BCUT2D eigenvalue weighted by Crippen LogP contribution is 2.22. The van der Waals surface area contributed by atoms with Crippen LogP contribution in [0.4, 0.5) is 9.59 Å². The van der Waals surface area contributed by atoms with Crippen LogP contribution in [0.3, 0.4) is 0 Å². The van der Waals surface area contributed by atoms with E-state index < -0.39 is 71.2 Å². The van der Waals surface area contributed by atoms with E-state index in [4.69, 9.17) is 26.7 Å². The van der Waals surface area contributed by atoms with Gasteiger partial charge in [-0.1, -0.05) is 30.3 Å². The van der Waals surface area contributed by atoms with Crippen LogP contribution in [-0.2, 0) is 41.5 Å². The van der Waals surface area contributed by atoms with Gasteiger partial charge in [0.15, 0.2) is 5.96 Å². The van der Waals surface area contributed by atoms with E-state index in [1.807, 2.05) is 6.07 Å². The molecule has 0 aliphatic rings. The molecule has 18 heteroatoms. The summed E-state index contributed by atoms with van der Waals surface area (Å²) in [6, 6.07) is 7.12. The Bertz CT molecular complexity index is 1780. The number of carbonyl (C=O) groups excluding carboxylic acids is 6. The molecule has 0 saturated carbocycles. The quantitative estimate of drug-likeness (QED) is 0.0500. The number of primary amides is 1. The standard InChI is InChI=1S/C42H65N9O9/c1-25-21-28(52)22-26(2)29(25)24-33(50-36(55)31(18-14-20-46-38(44)45)51-40(58)60-42(6,7)8)37(56)48-30(17-12-13-19-47-39(57)59-41(3,4)5)35(54)49-32(34(43)53)23-27-15-10-9-11-16-27/h9-11,15-16,21-22,30-33,52H,12-14,17-20,23-24H2,1-8H3,(H2,43,53)(H,47,57)(H,48,56)(H,49,54)(H,50,55)(H,51,58)(H4,44,45,46)/t30-,31+,32-,33-/m0/s1. The Morgan fingerprint density at radius 1 is 0.667 bits per heavy atom. The lowest BCUT2D eigenvalue weighted by Crippen LogP contribution is -2.59. The molecule has 0 heterocycles. The molecule has 2 aromatic carbocycles. The number of unbranched alkanes of at least 4 members (excludes halogenated alkanes) is 1. The zero-order valence-corrected chi connectivity index (χ0v) is 36.1. The minimum absolute atomic E-state index is 0.0126. The number of phenolic OH excluding ortho intramolecular Hbond substituents is 1. The molecule has 0 aliphatic carbocycles. The number of guanidine groups is 1. The van der Waals surface area contributed by atoms with Gasteiger partial charge in [-0.15, -0.1) is 0 Å². The lowest BCUT2D eigenvalue weighted by Gasteiger charge is -2.27. The van der Waals surface area contributed by atoms with Gasteiger partial charge in [-0.05, 0) is 122 Å². The molecule has 0 spiro atoms. The van der Waals surface area contributed by atoms with Gasteiger partial charge < -0.3 is 58.4 Å². The Balaban J connectivity index is 2.47. The van der Waals surface area contributed by atoms with Crippen LogP contribution in [0, 0.1) is 13.8 Å². The van der Waals surface area contributed by atoms with E-state index in [1.165, 1.54) is 12.1 Å². The maximum absolute atomic E-state index is 14.4. The minimum atomic E-state index is -1.32. The van der Waals surface area contributed by atoms with Gasteiger partial charge in [0, 0.05) is 25.9 Å². The summed E-state index contributed by atoms with van der Waals surface area (Å²) in [5.41, 5.74) is 17.7. The highest BCUT2D eigenvalue weighted by Gasteiger charge is 2.32. The van der Waals surface area contributed by atoms with Crippen LogP contribution in [-0.4, -0.2) is 95.3 Å². The van der Waals surface area contributed by atoms with Crippen molar-refractivity contribution in [2.24, 2.45) is 22.2 Å². The van der Waals surface area contributed by atoms with E-state index in [1.54, 1.807) is 79.7 Å². The Kier molecular flexibility index (Phi) is 19.6. The topological polar surface area (TPSA) is 292 Å². The molecule has 0 bridgehead atoms. The van der Waals surface area contributed by atoms with E-state index in [-0.39, 0.29) is 56.9 Å². The highest BCUT2D eigenvalue weighted by molar-refractivity contribution is 5.95. The van der Waals surface area contributed by atoms with Crippen molar-refractivity contribution in [1.29, 1.82) is 0 Å². The van der Waals surface area contributed by atoms with Crippen molar-refractivity contribution in [2.45, 2.75) is 136 Å². The van der Waals surface area contributed by atoms with E-state index in [0.717, 1.165) is 5.56 Å². The Morgan fingerprint density at radius 3 is 1.72 bits per heavy atom. The van der Waals surface area contributed by atoms with Crippen LogP contribution in [0.5, 0.6) is 5.75 Å². The van der Waals surface area contributed by atoms with Gasteiger partial charge in [-0.2, -0.15) is 0 Å². The van der Waals surface area contributed by atoms with Crippen molar-refractivity contribution in [2.75, 3.05) is 13.1 Å². The van der Waals surface area contributed by atoms with E-state index in [0.29, 0.717) is 29.5 Å². The van der Waals surface area contributed by atoms with Gasteiger partial charge in [0.1, 0.15) is 41.1 Å². The van der Waals surface area contributed by atoms with Crippen LogP contribution in [0.15, 0.2) is 47.5 Å². The van der Waals surface area contributed by atoms with Crippen LogP contribution < -0.4 is 43.8 Å². The normalized spacial score (nSPS) is 13.3. The number of phenols is 1. The number of benzene rings is 2. The molecule has 0 unspecified atom stereocenters. The number of nitrogens with zero attached hydrogens (tertiary/aromatic N) is 1. The number of ether oxygens (including phenoxy) is 2. The fourth-order valence-electron chi connectivity index (χ4n) is 6.06. The third kappa shape index (κ3) is 19.6. The molecule has 0 fully saturated rings. The van der Waals surface area contributed by atoms with Crippen LogP contribution in [0.1, 0.15) is 95.9 Å². The van der Waals surface area contributed by atoms with E-state index in [9.17, 15) is 33.9 Å². The molecule has 2 rings (SSSR count). The molecule has 0 aliphatic heterocycles. The van der Waals surface area contributed by atoms with Crippen molar-refractivity contribution in [1.82, 2.24) is 26.6 Å². The Labute approximate surface area is 352 Å². The van der Waals surface area contributed by atoms with Crippen molar-refractivity contribution < 1.29 is 43.3 Å². The van der Waals surface area contributed by atoms with Crippen molar-refractivity contribution in [3.8, 4) is 5.75 Å². The molecule has 2 aromatic rings. The number of alkyl carbamates (subject to hydrolysis) is 2. The summed E-state index contributed by atoms with van der Waals surface area (Å²) in [5, 5.41) is 23.7. The lowest BCUT2D eigenvalue weighted by atomic mass is 9.95. The van der Waals surface area contributed by atoms with Gasteiger partial charge >= 0.3 is 12.2 Å². The average molecular weight is 840 g/mol. The van der Waals surface area contributed by atoms with Gasteiger partial charge in [-0.3, -0.25) is 24.2 Å². The summed E-state index contributed by atoms with van der Waals surface area (Å²) in [7, 11) is 0. The molecule has 60 heavy (non-hydrogen) atoms. The number of hydrogen-bond acceptors (Lipinski definition) is 10. The summed E-state index contributed by atoms with van der Waals surface area (Å²) < 4.78 is 10.7. The van der Waals surface area contributed by atoms with Crippen molar-refractivity contribution in [3.63, 3.8) is 0 Å². The fraction of sp³-hybridized carbons (Fsp3) is 0.548. The molecule has 0 saturated heterocycles. The van der Waals surface area contributed by atoms with Crippen molar-refractivity contribution >= 4 is 41.8 Å². The number of aryl methyl sites for hydroxylation is 2. The number of nitrogens with two attached hydrogens (primary N) is 3. The third-order valence-electron chi connectivity index (χ3n) is 8.84. The first-order valence-electron chi connectivity index (χ1n) is 20.0. The van der Waals surface area contributed by atoms with Crippen LogP contribution >= 0.6 is 0 Å². The number of nitrogens with one attached hydrogen (secondary N) is 5. The number of rotatable bonds is 21. The number of aromatic hydroxyl groups is 1. The molecular formula is C42H65N9O9. The number of aliphatic imine (C=N–C) groups is 1. The molecule has 18 nitrogen and oxygen atoms in total. The van der Waals surface area contributed by atoms with Gasteiger partial charge in [-0.25, -0.2) is 9.59 Å². The molecule has 332 valence electrons. The van der Waals surface area contributed by atoms with E-state index >= 15 is 0 Å². The van der Waals surface area contributed by atoms with Crippen LogP contribution in [0.25, 0.3) is 0 Å². The van der Waals surface area contributed by atoms with E-state index in [2.05, 4.69) is 31.6 Å². The van der Waals surface area contributed by atoms with Gasteiger partial charge in [0.25, 0.3) is 0 Å². The lowest BCUT2D eigenvalue weighted by molar-refractivity contribution is -0.133. The largest absolute Gasteiger partial charge is 0.508 e. The maximum Gasteiger partial charge on any atom is 0.408 e. The Morgan fingerprint density at radius 2 is 1.17 bits per heavy atom. The third-order valence-corrected chi connectivity index (χ3v) is 8.84. The molecule has 4 atom stereocenters. The SMILES string of the molecule is Cc1cc(O)cc(C)c1C[C@H](NC(=O)[C@@H](CCCN=C(N)N)NC(=O)OC(C)(C)C)C(=O)N[C@@H](CCCCNC(=O)OC(C)(C)C)C(=O)N[C@@H](Cc1ccccc1)C(N)=O. The smallest absolute Gasteiger partial charge is 0.408 e. The molecule has 0 radical (unpaired) electrons. The summed E-state index contributed by atoms with van der Waals surface area (Å²) in [6.07, 6.45) is -0.331. The summed E-state index contributed by atoms with van der Waals surface area (Å²) >= 11 is 0. The number of amides is 6. The Hall–Kier alpha value is -6.07. The fourth-order valence-corrected chi connectivity index (χ4v) is 6.06. The molecule has 6 amide bonds. The summed E-state index contributed by atoms with van der Waals surface area (Å²) in [6.45, 7) is 14.1. The molecule has 12 N–H and O–H groups in total. The molecular weight excluding hydrogens is 775 g/mol. The highest BCUT2D eigenvalue weighted by atomic mass is 16.6. The minimum Gasteiger partial charge on any atom is -0.508 e. The molecule has 0 aromatic heterocycles. The first-order chi connectivity index (χ1) is 27.9.